The smallest absolute Gasteiger partial charge is 0.220 e. The van der Waals surface area contributed by atoms with Gasteiger partial charge in [-0.15, -0.1) is 0 Å². The molecule has 0 aromatic rings. The van der Waals surface area contributed by atoms with Gasteiger partial charge in [0.05, 0.1) is 5.54 Å². The molecule has 4 nitrogen and oxygen atoms in total. The normalized spacial score (nSPS) is 22.5. The van der Waals surface area contributed by atoms with Crippen LogP contribution in [0.15, 0.2) is 0 Å². The van der Waals surface area contributed by atoms with Gasteiger partial charge in [0.1, 0.15) is 0 Å². The van der Waals surface area contributed by atoms with Crippen LogP contribution in [0.5, 0.6) is 0 Å². The Bertz CT molecular complexity index is 214. The van der Waals surface area contributed by atoms with Gasteiger partial charge in [-0.3, -0.25) is 4.79 Å². The molecule has 0 aromatic heterocycles. The molecule has 0 aromatic carbocycles. The summed E-state index contributed by atoms with van der Waals surface area (Å²) in [6.45, 7) is 1.28. The predicted octanol–water partition coefficient (Wildman–Crippen LogP) is -0.534. The van der Waals surface area contributed by atoms with Gasteiger partial charge in [-0.25, -0.2) is 0 Å². The Morgan fingerprint density at radius 1 is 1.46 bits per heavy atom. The number of amides is 2. The van der Waals surface area contributed by atoms with E-state index in [4.69, 9.17) is 0 Å². The molecule has 71 valence electrons. The summed E-state index contributed by atoms with van der Waals surface area (Å²) in [7, 11) is 0. The monoisotopic (exact) mass is 257 g/mol. The van der Waals surface area contributed by atoms with Crippen molar-refractivity contribution in [3.8, 4) is 0 Å². The first kappa shape index (κ1) is 13.0. The molecule has 0 unspecified atom stereocenters. The Balaban J connectivity index is 0.000000720. The summed E-state index contributed by atoms with van der Waals surface area (Å²) in [4.78, 5) is 22.5. The molecule has 1 radical (unpaired) electrons. The number of hydrogen-bond acceptors (Lipinski definition) is 2. The van der Waals surface area contributed by atoms with Crippen molar-refractivity contribution in [2.45, 2.75) is 18.4 Å². The van der Waals surface area contributed by atoms with E-state index in [0.717, 1.165) is 6.42 Å². The van der Waals surface area contributed by atoms with E-state index in [1.807, 2.05) is 0 Å². The van der Waals surface area contributed by atoms with E-state index in [0.29, 0.717) is 19.5 Å². The van der Waals surface area contributed by atoms with E-state index in [-0.39, 0.29) is 51.6 Å². The topological polar surface area (TPSA) is 49.4 Å². The second-order valence-corrected chi connectivity index (χ2v) is 3.28. The third-order valence-electron chi connectivity index (χ3n) is 2.35. The molecule has 2 heterocycles. The van der Waals surface area contributed by atoms with Crippen LogP contribution in [0.25, 0.3) is 0 Å². The van der Waals surface area contributed by atoms with Crippen molar-refractivity contribution < 1.29 is 42.3 Å². The quantitative estimate of drug-likeness (QED) is 0.642. The number of nitrogens with zero attached hydrogens (tertiary/aromatic N) is 1. The predicted molar refractivity (Wildman–Crippen MR) is 43.8 cm³/mol. The number of nitrogens with one attached hydrogen (secondary N) is 1. The Hall–Kier alpha value is 0.0439. The van der Waals surface area contributed by atoms with Crippen molar-refractivity contribution in [3.63, 3.8) is 0 Å². The molecular formula is C8H12N2O2Y-2. The molecule has 0 aliphatic carbocycles. The summed E-state index contributed by atoms with van der Waals surface area (Å²) in [6.07, 6.45) is 3.27. The van der Waals surface area contributed by atoms with Crippen LogP contribution in [0, 0.1) is 7.43 Å². The average molecular weight is 257 g/mol. The minimum atomic E-state index is -0.0749. The molecule has 0 bridgehead atoms. The van der Waals surface area contributed by atoms with Crippen molar-refractivity contribution in [3.05, 3.63) is 7.43 Å². The van der Waals surface area contributed by atoms with Crippen molar-refractivity contribution in [1.82, 2.24) is 10.2 Å². The van der Waals surface area contributed by atoms with Crippen LogP contribution in [0.4, 0.5) is 0 Å². The van der Waals surface area contributed by atoms with Gasteiger partial charge in [0.25, 0.3) is 0 Å². The number of likely N-dealkylation sites (tertiary alicyclic amines) is 1. The SMILES string of the molecule is O=[C-]N1CC2(CCC(=O)N2)C1.[CH3-].[Y]. The van der Waals surface area contributed by atoms with Crippen LogP contribution in [-0.2, 0) is 42.3 Å². The summed E-state index contributed by atoms with van der Waals surface area (Å²) >= 11 is 0. The van der Waals surface area contributed by atoms with E-state index in [1.54, 1.807) is 11.3 Å². The number of hydrogen-bond donors (Lipinski definition) is 1. The second-order valence-electron chi connectivity index (χ2n) is 3.28. The third kappa shape index (κ3) is 2.29. The molecule has 2 fully saturated rings. The van der Waals surface area contributed by atoms with Crippen molar-refractivity contribution in [2.75, 3.05) is 13.1 Å². The Labute approximate surface area is 103 Å². The Morgan fingerprint density at radius 3 is 2.46 bits per heavy atom. The fourth-order valence-electron chi connectivity index (χ4n) is 1.76. The minimum Gasteiger partial charge on any atom is -0.520 e. The maximum atomic E-state index is 10.8. The summed E-state index contributed by atoms with van der Waals surface area (Å²) in [5.74, 6) is 0.107. The van der Waals surface area contributed by atoms with Crippen LogP contribution in [0.2, 0.25) is 0 Å². The number of carbonyl (C=O) groups is 1. The molecule has 2 saturated heterocycles. The van der Waals surface area contributed by atoms with Crippen LogP contribution in [0.3, 0.4) is 0 Å². The second kappa shape index (κ2) is 4.51. The zero-order valence-electron chi connectivity index (χ0n) is 7.67. The van der Waals surface area contributed by atoms with Crippen molar-refractivity contribution >= 4 is 12.3 Å². The summed E-state index contributed by atoms with van der Waals surface area (Å²) in [5.41, 5.74) is -0.0749. The van der Waals surface area contributed by atoms with Gasteiger partial charge in [-0.2, -0.15) is 6.41 Å². The zero-order valence-corrected chi connectivity index (χ0v) is 10.5. The Morgan fingerprint density at radius 2 is 2.08 bits per heavy atom. The summed E-state index contributed by atoms with van der Waals surface area (Å²) in [6, 6.07) is 0. The van der Waals surface area contributed by atoms with Gasteiger partial charge in [0.2, 0.25) is 5.91 Å². The Kier molecular flexibility index (Phi) is 4.53. The molecule has 0 saturated carbocycles. The molecule has 0 atom stereocenters. The van der Waals surface area contributed by atoms with Crippen LogP contribution in [-0.4, -0.2) is 35.8 Å². The van der Waals surface area contributed by atoms with Gasteiger partial charge >= 0.3 is 0 Å². The molecule has 2 aliphatic heterocycles. The van der Waals surface area contributed by atoms with E-state index in [1.165, 1.54) is 0 Å². The van der Waals surface area contributed by atoms with Crippen molar-refractivity contribution in [1.29, 1.82) is 0 Å². The maximum Gasteiger partial charge on any atom is 0.220 e. The van der Waals surface area contributed by atoms with Crippen LogP contribution < -0.4 is 5.32 Å². The van der Waals surface area contributed by atoms with Gasteiger partial charge in [-0.05, 0) is 6.42 Å². The van der Waals surface area contributed by atoms with Gasteiger partial charge in [0.15, 0.2) is 0 Å². The van der Waals surface area contributed by atoms with Crippen LogP contribution >= 0.6 is 0 Å². The molecule has 5 heteroatoms. The molecule has 2 aliphatic rings. The first-order valence-electron chi connectivity index (χ1n) is 3.68. The standard InChI is InChI=1S/C7H9N2O2.CH3.Y/c10-5-9-3-7(4-9)2-1-6(11)8-7;;/h1-4H2,(H,8,11);1H3;/q2*-1;. The molecular weight excluding hydrogens is 245 g/mol. The minimum absolute atomic E-state index is 0. The van der Waals surface area contributed by atoms with E-state index in [2.05, 4.69) is 5.32 Å². The first-order valence-corrected chi connectivity index (χ1v) is 3.68. The van der Waals surface area contributed by atoms with Gasteiger partial charge in [0, 0.05) is 52.2 Å². The van der Waals surface area contributed by atoms with Gasteiger partial charge in [-0.1, -0.05) is 0 Å². The van der Waals surface area contributed by atoms with E-state index in [9.17, 15) is 9.59 Å². The number of rotatable bonds is 1. The maximum absolute atomic E-state index is 10.8. The third-order valence-corrected chi connectivity index (χ3v) is 2.35. The fraction of sp³-hybridized carbons (Fsp3) is 0.625. The largest absolute Gasteiger partial charge is 0.520 e. The molecule has 13 heavy (non-hydrogen) atoms. The van der Waals surface area contributed by atoms with Crippen molar-refractivity contribution in [2.24, 2.45) is 0 Å². The summed E-state index contributed by atoms with van der Waals surface area (Å²) < 4.78 is 0. The van der Waals surface area contributed by atoms with E-state index < -0.39 is 0 Å². The zero-order chi connectivity index (χ0) is 7.90. The first-order chi connectivity index (χ1) is 5.24. The van der Waals surface area contributed by atoms with Gasteiger partial charge < -0.3 is 22.4 Å². The average Bonchev–Trinajstić information content (AvgIpc) is 2.28. The number of carbonyl (C=O) groups excluding carboxylic acids is 2. The fourth-order valence-corrected chi connectivity index (χ4v) is 1.76. The molecule has 1 N–H and O–H groups in total. The van der Waals surface area contributed by atoms with Crippen LogP contribution in [0.1, 0.15) is 12.8 Å². The summed E-state index contributed by atoms with van der Waals surface area (Å²) in [5, 5.41) is 2.87. The van der Waals surface area contributed by atoms with E-state index >= 15 is 0 Å². The molecule has 1 spiro atoms. The molecule has 2 rings (SSSR count). The molecule has 2 amide bonds.